The van der Waals surface area contributed by atoms with Gasteiger partial charge in [-0.3, -0.25) is 0 Å². The molecule has 0 aliphatic carbocycles. The predicted molar refractivity (Wildman–Crippen MR) is 129 cm³/mol. The van der Waals surface area contributed by atoms with Crippen LogP contribution in [0.1, 0.15) is 33.4 Å². The van der Waals surface area contributed by atoms with Crippen molar-refractivity contribution in [2.24, 2.45) is 0 Å². The van der Waals surface area contributed by atoms with Gasteiger partial charge in [-0.05, 0) is 47.2 Å². The van der Waals surface area contributed by atoms with E-state index in [4.69, 9.17) is 0 Å². The molecule has 0 bridgehead atoms. The van der Waals surface area contributed by atoms with Crippen LogP contribution in [0.15, 0.2) is 121 Å². The maximum absolute atomic E-state index is 2.25. The first-order valence-corrected chi connectivity index (χ1v) is 10.4. The van der Waals surface area contributed by atoms with Gasteiger partial charge < -0.3 is 0 Å². The first kappa shape index (κ1) is 19.7. The minimum atomic E-state index is 1.21. The molecule has 0 nitrogen and oxygen atoms in total. The van der Waals surface area contributed by atoms with Crippen LogP contribution < -0.4 is 0 Å². The fourth-order valence-electron chi connectivity index (χ4n) is 3.59. The van der Waals surface area contributed by atoms with Crippen molar-refractivity contribution in [3.8, 4) is 0 Å². The van der Waals surface area contributed by atoms with Crippen LogP contribution in [0, 0.1) is 13.8 Å². The molecule has 0 fully saturated rings. The highest BCUT2D eigenvalue weighted by atomic mass is 14.1. The molecule has 30 heavy (non-hydrogen) atoms. The van der Waals surface area contributed by atoms with Crippen molar-refractivity contribution in [3.05, 3.63) is 155 Å². The molecule has 0 saturated heterocycles. The Bertz CT molecular complexity index is 1060. The minimum absolute atomic E-state index is 1.21. The van der Waals surface area contributed by atoms with E-state index in [1.807, 2.05) is 0 Å². The number of hydrogen-bond acceptors (Lipinski definition) is 0. The summed E-state index contributed by atoms with van der Waals surface area (Å²) in [5, 5.41) is 0. The SMILES string of the molecule is Cc1ccc(C(=CC=C(c2ccccc2)c2ccccc2)c2ccc(C)cc2)cc1. The summed E-state index contributed by atoms with van der Waals surface area (Å²) in [7, 11) is 0. The van der Waals surface area contributed by atoms with Gasteiger partial charge >= 0.3 is 0 Å². The lowest BCUT2D eigenvalue weighted by molar-refractivity contribution is 1.42. The lowest BCUT2D eigenvalue weighted by Crippen LogP contribution is -1.90. The molecule has 0 aromatic heterocycles. The van der Waals surface area contributed by atoms with E-state index in [0.717, 1.165) is 0 Å². The Morgan fingerprint density at radius 3 is 1.03 bits per heavy atom. The van der Waals surface area contributed by atoms with Crippen molar-refractivity contribution in [2.45, 2.75) is 13.8 Å². The van der Waals surface area contributed by atoms with Gasteiger partial charge in [-0.1, -0.05) is 132 Å². The molecule has 0 amide bonds. The third-order valence-corrected chi connectivity index (χ3v) is 5.31. The Kier molecular flexibility index (Phi) is 6.06. The Morgan fingerprint density at radius 2 is 0.700 bits per heavy atom. The van der Waals surface area contributed by atoms with Crippen LogP contribution in [0.4, 0.5) is 0 Å². The van der Waals surface area contributed by atoms with Gasteiger partial charge in [-0.15, -0.1) is 0 Å². The second-order valence-electron chi connectivity index (χ2n) is 7.62. The van der Waals surface area contributed by atoms with Gasteiger partial charge in [0.2, 0.25) is 0 Å². The number of allylic oxidation sites excluding steroid dienone is 2. The Hall–Kier alpha value is -3.64. The first-order valence-electron chi connectivity index (χ1n) is 10.4. The third kappa shape index (κ3) is 4.67. The van der Waals surface area contributed by atoms with E-state index < -0.39 is 0 Å². The molecular formula is C30H26. The molecule has 0 aliphatic rings. The van der Waals surface area contributed by atoms with E-state index in [1.165, 1.54) is 44.5 Å². The van der Waals surface area contributed by atoms with Crippen LogP contribution >= 0.6 is 0 Å². The van der Waals surface area contributed by atoms with Gasteiger partial charge in [-0.25, -0.2) is 0 Å². The smallest absolute Gasteiger partial charge is 0.0111 e. The summed E-state index contributed by atoms with van der Waals surface area (Å²) in [6.07, 6.45) is 4.50. The highest BCUT2D eigenvalue weighted by molar-refractivity contribution is 5.86. The largest absolute Gasteiger partial charge is 0.0622 e. The number of hydrogen-bond donors (Lipinski definition) is 0. The maximum atomic E-state index is 2.25. The van der Waals surface area contributed by atoms with Gasteiger partial charge in [0.1, 0.15) is 0 Å². The molecule has 0 radical (unpaired) electrons. The molecule has 0 atom stereocenters. The second kappa shape index (κ2) is 9.24. The van der Waals surface area contributed by atoms with Crippen LogP contribution in [0.25, 0.3) is 11.1 Å². The lowest BCUT2D eigenvalue weighted by atomic mass is 9.93. The molecule has 4 aromatic rings. The van der Waals surface area contributed by atoms with Crippen molar-refractivity contribution in [3.63, 3.8) is 0 Å². The zero-order valence-corrected chi connectivity index (χ0v) is 17.5. The van der Waals surface area contributed by atoms with Crippen LogP contribution in [0.2, 0.25) is 0 Å². The first-order chi connectivity index (χ1) is 14.7. The standard InChI is InChI=1S/C30H26/c1-23-13-17-27(18-14-23)30(28-19-15-24(2)16-20-28)22-21-29(25-9-5-3-6-10-25)26-11-7-4-8-12-26/h3-22H,1-2H3. The highest BCUT2D eigenvalue weighted by Gasteiger charge is 2.07. The lowest BCUT2D eigenvalue weighted by Gasteiger charge is -2.11. The van der Waals surface area contributed by atoms with Gasteiger partial charge in [0.15, 0.2) is 0 Å². The second-order valence-corrected chi connectivity index (χ2v) is 7.62. The van der Waals surface area contributed by atoms with Crippen molar-refractivity contribution >= 4 is 11.1 Å². The predicted octanol–water partition coefficient (Wildman–Crippen LogP) is 7.87. The molecule has 0 unspecified atom stereocenters. The zero-order chi connectivity index (χ0) is 20.8. The van der Waals surface area contributed by atoms with Crippen LogP contribution in [-0.2, 0) is 0 Å². The average molecular weight is 387 g/mol. The highest BCUT2D eigenvalue weighted by Crippen LogP contribution is 2.28. The summed E-state index contributed by atoms with van der Waals surface area (Å²) in [6.45, 7) is 4.25. The van der Waals surface area contributed by atoms with E-state index >= 15 is 0 Å². The van der Waals surface area contributed by atoms with Gasteiger partial charge in [0.25, 0.3) is 0 Å². The third-order valence-electron chi connectivity index (χ3n) is 5.31. The molecular weight excluding hydrogens is 360 g/mol. The van der Waals surface area contributed by atoms with Crippen molar-refractivity contribution in [1.29, 1.82) is 0 Å². The van der Waals surface area contributed by atoms with Crippen molar-refractivity contribution in [2.75, 3.05) is 0 Å². The van der Waals surface area contributed by atoms with Crippen molar-refractivity contribution < 1.29 is 0 Å². The fourth-order valence-corrected chi connectivity index (χ4v) is 3.59. The maximum Gasteiger partial charge on any atom is -0.0111 e. The molecule has 4 aromatic carbocycles. The molecule has 4 rings (SSSR count). The Labute approximate surface area is 179 Å². The zero-order valence-electron chi connectivity index (χ0n) is 17.5. The molecule has 0 aliphatic heterocycles. The van der Waals surface area contributed by atoms with E-state index in [2.05, 4.69) is 135 Å². The summed E-state index contributed by atoms with van der Waals surface area (Å²) < 4.78 is 0. The number of aryl methyl sites for hydroxylation is 2. The molecule has 146 valence electrons. The van der Waals surface area contributed by atoms with Crippen LogP contribution in [-0.4, -0.2) is 0 Å². The van der Waals surface area contributed by atoms with E-state index in [0.29, 0.717) is 0 Å². The summed E-state index contributed by atoms with van der Waals surface area (Å²) in [5.74, 6) is 0. The van der Waals surface area contributed by atoms with E-state index in [-0.39, 0.29) is 0 Å². The van der Waals surface area contributed by atoms with Gasteiger partial charge in [-0.2, -0.15) is 0 Å². The van der Waals surface area contributed by atoms with Gasteiger partial charge in [0.05, 0.1) is 0 Å². The molecule has 0 N–H and O–H groups in total. The Morgan fingerprint density at radius 1 is 0.400 bits per heavy atom. The van der Waals surface area contributed by atoms with E-state index in [1.54, 1.807) is 0 Å². The molecule has 0 heteroatoms. The summed E-state index contributed by atoms with van der Waals surface area (Å²) >= 11 is 0. The Balaban J connectivity index is 1.87. The molecule has 0 spiro atoms. The average Bonchev–Trinajstić information content (AvgIpc) is 2.80. The minimum Gasteiger partial charge on any atom is -0.0622 e. The normalized spacial score (nSPS) is 10.3. The number of benzene rings is 4. The number of rotatable bonds is 5. The monoisotopic (exact) mass is 386 g/mol. The van der Waals surface area contributed by atoms with Crippen LogP contribution in [0.5, 0.6) is 0 Å². The van der Waals surface area contributed by atoms with Gasteiger partial charge in [0, 0.05) is 0 Å². The molecule has 0 saturated carbocycles. The summed E-state index contributed by atoms with van der Waals surface area (Å²) in [6, 6.07) is 38.7. The summed E-state index contributed by atoms with van der Waals surface area (Å²) in [4.78, 5) is 0. The van der Waals surface area contributed by atoms with Crippen LogP contribution in [0.3, 0.4) is 0 Å². The quantitative estimate of drug-likeness (QED) is 0.306. The van der Waals surface area contributed by atoms with E-state index in [9.17, 15) is 0 Å². The molecule has 0 heterocycles. The fraction of sp³-hybridized carbons (Fsp3) is 0.0667. The summed E-state index contributed by atoms with van der Waals surface area (Å²) in [5.41, 5.74) is 9.85. The van der Waals surface area contributed by atoms with Crippen molar-refractivity contribution in [1.82, 2.24) is 0 Å². The topological polar surface area (TPSA) is 0 Å².